The Balaban J connectivity index is 1.02. The number of phenolic OH excluding ortho intramolecular Hbond substituents is 1. The normalized spacial score (nSPS) is 11.4. The van der Waals surface area contributed by atoms with Crippen molar-refractivity contribution < 1.29 is 28.5 Å². The van der Waals surface area contributed by atoms with Crippen LogP contribution in [0.2, 0.25) is 0 Å². The molecule has 5 aromatic rings. The Kier molecular flexibility index (Phi) is 18.5. The van der Waals surface area contributed by atoms with Gasteiger partial charge in [0.05, 0.1) is 24.5 Å². The molecule has 8 nitrogen and oxygen atoms in total. The lowest BCUT2D eigenvalue weighted by Crippen LogP contribution is -2.08. The number of fused-ring (bicyclic) bond motifs is 1. The number of carbonyl (C=O) groups is 1. The van der Waals surface area contributed by atoms with Gasteiger partial charge in [0, 0.05) is 29.5 Å². The monoisotopic (exact) mass is 774 g/mol. The van der Waals surface area contributed by atoms with Crippen molar-refractivity contribution in [2.45, 2.75) is 129 Å². The van der Waals surface area contributed by atoms with Crippen LogP contribution in [-0.2, 0) is 0 Å². The molecule has 57 heavy (non-hydrogen) atoms. The smallest absolute Gasteiger partial charge is 0.343 e. The SMILES string of the molecule is CCCCCCCCCCCCCCOc1ccc2nc(-c3ccc(N=Cc4ccc(OC(=O)c5ccc(OCCCCCCCC)cc5)cc4O)cc3)oc2c1. The number of carbonyl (C=O) groups excluding carboxylic acids is 1. The molecule has 1 aromatic heterocycles. The summed E-state index contributed by atoms with van der Waals surface area (Å²) in [5.74, 6) is 1.70. The highest BCUT2D eigenvalue weighted by Crippen LogP contribution is 2.29. The molecule has 0 fully saturated rings. The molecule has 0 aliphatic rings. The van der Waals surface area contributed by atoms with E-state index in [-0.39, 0.29) is 11.5 Å². The summed E-state index contributed by atoms with van der Waals surface area (Å²) in [6.07, 6.45) is 24.6. The van der Waals surface area contributed by atoms with Crippen LogP contribution in [0.1, 0.15) is 145 Å². The molecule has 4 aromatic carbocycles. The van der Waals surface area contributed by atoms with Crippen molar-refractivity contribution in [2.75, 3.05) is 13.2 Å². The molecule has 0 spiro atoms. The summed E-state index contributed by atoms with van der Waals surface area (Å²) in [7, 11) is 0. The van der Waals surface area contributed by atoms with Crippen LogP contribution < -0.4 is 14.2 Å². The van der Waals surface area contributed by atoms with Gasteiger partial charge in [-0.1, -0.05) is 117 Å². The summed E-state index contributed by atoms with van der Waals surface area (Å²) in [5, 5.41) is 10.6. The van der Waals surface area contributed by atoms with E-state index in [2.05, 4.69) is 23.8 Å². The quantitative estimate of drug-likeness (QED) is 0.0245. The second kappa shape index (κ2) is 24.5. The number of hydrogen-bond donors (Lipinski definition) is 1. The van der Waals surface area contributed by atoms with E-state index in [1.165, 1.54) is 102 Å². The van der Waals surface area contributed by atoms with Gasteiger partial charge < -0.3 is 23.7 Å². The van der Waals surface area contributed by atoms with Crippen LogP contribution in [0.25, 0.3) is 22.6 Å². The van der Waals surface area contributed by atoms with Crippen LogP contribution in [-0.4, -0.2) is 35.5 Å². The van der Waals surface area contributed by atoms with Crippen LogP contribution in [0.3, 0.4) is 0 Å². The molecule has 0 saturated heterocycles. The predicted molar refractivity (Wildman–Crippen MR) is 232 cm³/mol. The van der Waals surface area contributed by atoms with E-state index in [9.17, 15) is 9.90 Å². The highest BCUT2D eigenvalue weighted by atomic mass is 16.5. The van der Waals surface area contributed by atoms with Gasteiger partial charge in [0.1, 0.15) is 28.5 Å². The zero-order valence-electron chi connectivity index (χ0n) is 34.2. The number of phenols is 1. The topological polar surface area (TPSA) is 103 Å². The lowest BCUT2D eigenvalue weighted by molar-refractivity contribution is 0.0734. The first kappa shape index (κ1) is 43.0. The molecule has 304 valence electrons. The maximum atomic E-state index is 12.7. The number of esters is 1. The highest BCUT2D eigenvalue weighted by Gasteiger charge is 2.12. The number of unbranched alkanes of at least 4 members (excludes halogenated alkanes) is 16. The fourth-order valence-electron chi connectivity index (χ4n) is 6.71. The first-order valence-corrected chi connectivity index (χ1v) is 21.5. The van der Waals surface area contributed by atoms with Gasteiger partial charge in [-0.15, -0.1) is 0 Å². The Hall–Kier alpha value is -5.11. The van der Waals surface area contributed by atoms with Crippen LogP contribution in [0.15, 0.2) is 94.3 Å². The molecule has 0 aliphatic heterocycles. The van der Waals surface area contributed by atoms with Gasteiger partial charge in [-0.3, -0.25) is 4.99 Å². The minimum absolute atomic E-state index is 0.0528. The molecule has 5 rings (SSSR count). The summed E-state index contributed by atoms with van der Waals surface area (Å²) < 4.78 is 23.5. The Morgan fingerprint density at radius 2 is 1.18 bits per heavy atom. The Morgan fingerprint density at radius 3 is 1.77 bits per heavy atom. The zero-order chi connectivity index (χ0) is 39.9. The summed E-state index contributed by atoms with van der Waals surface area (Å²) >= 11 is 0. The number of rotatable bonds is 27. The van der Waals surface area contributed by atoms with Gasteiger partial charge in [0.2, 0.25) is 5.89 Å². The molecule has 0 atom stereocenters. The summed E-state index contributed by atoms with van der Waals surface area (Å²) in [4.78, 5) is 21.9. The fourth-order valence-corrected chi connectivity index (χ4v) is 6.71. The van der Waals surface area contributed by atoms with Crippen molar-refractivity contribution in [2.24, 2.45) is 4.99 Å². The Bertz CT molecular complexity index is 1930. The van der Waals surface area contributed by atoms with Crippen LogP contribution in [0.4, 0.5) is 5.69 Å². The number of ether oxygens (including phenoxy) is 3. The van der Waals surface area contributed by atoms with E-state index in [1.807, 2.05) is 42.5 Å². The van der Waals surface area contributed by atoms with Crippen molar-refractivity contribution in [1.29, 1.82) is 0 Å². The van der Waals surface area contributed by atoms with Gasteiger partial charge in [-0.2, -0.15) is 0 Å². The lowest BCUT2D eigenvalue weighted by atomic mass is 10.1. The second-order valence-corrected chi connectivity index (χ2v) is 14.9. The largest absolute Gasteiger partial charge is 0.507 e. The van der Waals surface area contributed by atoms with E-state index in [0.29, 0.717) is 41.5 Å². The Morgan fingerprint density at radius 1 is 0.632 bits per heavy atom. The maximum absolute atomic E-state index is 12.7. The highest BCUT2D eigenvalue weighted by molar-refractivity contribution is 5.91. The molecule has 0 unspecified atom stereocenters. The molecule has 0 bridgehead atoms. The molecular formula is C49H62N2O6. The van der Waals surface area contributed by atoms with E-state index in [1.54, 1.807) is 42.6 Å². The first-order chi connectivity index (χ1) is 28.0. The predicted octanol–water partition coefficient (Wildman–Crippen LogP) is 14.0. The maximum Gasteiger partial charge on any atom is 0.343 e. The van der Waals surface area contributed by atoms with Gasteiger partial charge in [0.25, 0.3) is 0 Å². The number of oxazole rings is 1. The summed E-state index contributed by atoms with van der Waals surface area (Å²) in [6, 6.07) is 24.9. The first-order valence-electron chi connectivity index (χ1n) is 21.5. The summed E-state index contributed by atoms with van der Waals surface area (Å²) in [5.41, 5.74) is 3.86. The minimum atomic E-state index is -0.517. The van der Waals surface area contributed by atoms with Gasteiger partial charge in [-0.25, -0.2) is 9.78 Å². The van der Waals surface area contributed by atoms with Crippen LogP contribution in [0, 0.1) is 0 Å². The minimum Gasteiger partial charge on any atom is -0.507 e. The molecular weight excluding hydrogens is 713 g/mol. The average Bonchev–Trinajstić information content (AvgIpc) is 3.66. The van der Waals surface area contributed by atoms with Crippen molar-refractivity contribution in [3.63, 3.8) is 0 Å². The second-order valence-electron chi connectivity index (χ2n) is 14.9. The summed E-state index contributed by atoms with van der Waals surface area (Å²) in [6.45, 7) is 5.85. The number of nitrogens with zero attached hydrogens (tertiary/aromatic N) is 2. The van der Waals surface area contributed by atoms with Crippen molar-refractivity contribution >= 4 is 29.0 Å². The third-order valence-corrected chi connectivity index (χ3v) is 10.2. The number of benzene rings is 4. The Labute approximate surface area is 339 Å². The molecule has 0 aliphatic carbocycles. The van der Waals surface area contributed by atoms with Crippen LogP contribution >= 0.6 is 0 Å². The fraction of sp³-hybridized carbons (Fsp3) is 0.449. The van der Waals surface area contributed by atoms with E-state index in [4.69, 9.17) is 18.6 Å². The van der Waals surface area contributed by atoms with E-state index >= 15 is 0 Å². The van der Waals surface area contributed by atoms with E-state index < -0.39 is 5.97 Å². The lowest BCUT2D eigenvalue weighted by Gasteiger charge is -2.08. The average molecular weight is 775 g/mol. The zero-order valence-corrected chi connectivity index (χ0v) is 34.2. The van der Waals surface area contributed by atoms with Crippen molar-refractivity contribution in [3.8, 4) is 34.5 Å². The molecule has 1 heterocycles. The van der Waals surface area contributed by atoms with Crippen molar-refractivity contribution in [1.82, 2.24) is 4.98 Å². The third-order valence-electron chi connectivity index (χ3n) is 10.2. The molecule has 0 saturated carbocycles. The van der Waals surface area contributed by atoms with E-state index in [0.717, 1.165) is 41.8 Å². The molecule has 8 heteroatoms. The van der Waals surface area contributed by atoms with Gasteiger partial charge in [-0.05, 0) is 85.6 Å². The van der Waals surface area contributed by atoms with Gasteiger partial charge in [0.15, 0.2) is 5.58 Å². The van der Waals surface area contributed by atoms with Crippen molar-refractivity contribution in [3.05, 3.63) is 96.1 Å². The van der Waals surface area contributed by atoms with Gasteiger partial charge >= 0.3 is 5.97 Å². The number of aromatic nitrogens is 1. The van der Waals surface area contributed by atoms with Crippen LogP contribution in [0.5, 0.6) is 23.0 Å². The number of hydrogen-bond acceptors (Lipinski definition) is 8. The number of aromatic hydroxyl groups is 1. The molecule has 1 N–H and O–H groups in total. The molecule has 0 amide bonds. The standard InChI is InChI=1S/C49H62N2O6/c1-3-5-7-9-11-12-13-14-15-16-18-20-34-55-43-31-32-45-47(36-43)57-48(51-45)38-21-26-41(27-22-38)50-37-40-25-30-44(35-46(40)52)56-49(53)39-23-28-42(29-24-39)54-33-19-17-10-8-6-4-2/h21-32,35-37,52H,3-20,33-34H2,1-2H3. The molecule has 0 radical (unpaired) electrons. The number of aliphatic imine (C=N–C) groups is 1. The third kappa shape index (κ3) is 15.1.